The third-order valence-electron chi connectivity index (χ3n) is 1.22. The summed E-state index contributed by atoms with van der Waals surface area (Å²) < 4.78 is 11.3. The second-order valence-electron chi connectivity index (χ2n) is 2.64. The van der Waals surface area contributed by atoms with E-state index in [0.717, 1.165) is 0 Å². The minimum Gasteiger partial charge on any atom is -0.268 e. The monoisotopic (exact) mass is 180 g/mol. The van der Waals surface area contributed by atoms with Gasteiger partial charge in [0.25, 0.3) is 0 Å². The molecule has 3 heteroatoms. The van der Waals surface area contributed by atoms with Crippen LogP contribution in [0.2, 0.25) is 0 Å². The molecule has 0 radical (unpaired) electrons. The second-order valence-corrected chi connectivity index (χ2v) is 8.54. The van der Waals surface area contributed by atoms with Crippen LogP contribution in [0.25, 0.3) is 0 Å². The van der Waals surface area contributed by atoms with E-state index in [1.54, 1.807) is 0 Å². The minimum atomic E-state index is -1.59. The Bertz CT molecular complexity index is 180. The van der Waals surface area contributed by atoms with E-state index in [9.17, 15) is 4.21 Å². The Hall–Kier alpha value is 0.450. The predicted octanol–water partition coefficient (Wildman–Crippen LogP) is 1.81. The fraction of sp³-hybridized carbons (Fsp3) is 0.857. The fourth-order valence-electron chi connectivity index (χ4n) is 0.732. The van der Waals surface area contributed by atoms with Crippen LogP contribution in [0, 0.1) is 0 Å². The van der Waals surface area contributed by atoms with Crippen LogP contribution in [0.4, 0.5) is 0 Å². The Morgan fingerprint density at radius 1 is 1.30 bits per heavy atom. The van der Waals surface area contributed by atoms with E-state index in [4.69, 9.17) is 0 Å². The third-order valence-corrected chi connectivity index (χ3v) is 6.06. The van der Waals surface area contributed by atoms with Gasteiger partial charge >= 0.3 is 0 Å². The van der Waals surface area contributed by atoms with Gasteiger partial charge in [0, 0.05) is 12.5 Å². The molecule has 0 spiro atoms. The molecular weight excluding hydrogens is 163 g/mol. The lowest BCUT2D eigenvalue weighted by molar-refractivity contribution is 0.688. The molecule has 0 aromatic heterocycles. The summed E-state index contributed by atoms with van der Waals surface area (Å²) in [5.41, 5.74) is 0. The van der Waals surface area contributed by atoms with Gasteiger partial charge in [0.15, 0.2) is 0 Å². The van der Waals surface area contributed by atoms with E-state index >= 15 is 0 Å². The van der Waals surface area contributed by atoms with Crippen molar-refractivity contribution in [2.24, 2.45) is 0 Å². The first kappa shape index (κ1) is 10.4. The van der Waals surface area contributed by atoms with Gasteiger partial charge in [-0.15, -0.1) is 0 Å². The van der Waals surface area contributed by atoms with Gasteiger partial charge in [-0.05, 0) is 27.0 Å². The summed E-state index contributed by atoms with van der Waals surface area (Å²) in [5, 5.41) is 2.06. The van der Waals surface area contributed by atoms with Crippen molar-refractivity contribution in [3.8, 4) is 0 Å². The van der Waals surface area contributed by atoms with Crippen LogP contribution in [-0.2, 0) is 9.52 Å². The minimum absolute atomic E-state index is 0.0448. The van der Waals surface area contributed by atoms with Crippen molar-refractivity contribution in [2.45, 2.75) is 13.8 Å². The molecule has 0 fully saturated rings. The maximum atomic E-state index is 11.3. The topological polar surface area (TPSA) is 17.1 Å². The molecule has 1 nitrogen and oxygen atoms in total. The van der Waals surface area contributed by atoms with E-state index in [2.05, 4.69) is 19.0 Å². The highest BCUT2D eigenvalue weighted by atomic mass is 32.2. The molecule has 0 rings (SSSR count). The second kappa shape index (κ2) is 4.35. The van der Waals surface area contributed by atoms with Crippen molar-refractivity contribution >= 4 is 22.6 Å². The standard InChI is InChI=1S/C7H17OPS/c1-5-9(6-2)7-10(3,4)8/h7H,5-6H2,1-4H3. The summed E-state index contributed by atoms with van der Waals surface area (Å²) >= 11 is 0. The van der Waals surface area contributed by atoms with Crippen molar-refractivity contribution in [3.63, 3.8) is 0 Å². The maximum absolute atomic E-state index is 11.3. The van der Waals surface area contributed by atoms with Gasteiger partial charge in [-0.25, -0.2) is 0 Å². The smallest absolute Gasteiger partial charge is 0.00465 e. The normalized spacial score (nSPS) is 12.1. The zero-order valence-electron chi connectivity index (χ0n) is 7.26. The number of hydrogen-bond acceptors (Lipinski definition) is 1. The molecule has 0 atom stereocenters. The first-order valence-electron chi connectivity index (χ1n) is 3.52. The molecule has 0 N–H and O–H groups in total. The van der Waals surface area contributed by atoms with Crippen LogP contribution in [0.1, 0.15) is 13.8 Å². The number of hydrogen-bond donors (Lipinski definition) is 0. The summed E-state index contributed by atoms with van der Waals surface area (Å²) in [6.07, 6.45) is 5.97. The zero-order chi connectivity index (χ0) is 8.20. The molecule has 0 aliphatic heterocycles. The van der Waals surface area contributed by atoms with Gasteiger partial charge in [0.2, 0.25) is 0 Å². The van der Waals surface area contributed by atoms with Crippen LogP contribution in [0.3, 0.4) is 0 Å². The predicted molar refractivity (Wildman–Crippen MR) is 54.1 cm³/mol. The lowest BCUT2D eigenvalue weighted by Crippen LogP contribution is -1.97. The van der Waals surface area contributed by atoms with Crippen molar-refractivity contribution in [1.29, 1.82) is 0 Å². The highest BCUT2D eigenvalue weighted by Crippen LogP contribution is 2.30. The summed E-state index contributed by atoms with van der Waals surface area (Å²) in [5.74, 6) is 0. The fourth-order valence-corrected chi connectivity index (χ4v) is 5.24. The highest BCUT2D eigenvalue weighted by Gasteiger charge is 1.99. The first-order chi connectivity index (χ1) is 4.49. The summed E-state index contributed by atoms with van der Waals surface area (Å²) in [7, 11) is -1.64. The maximum Gasteiger partial charge on any atom is 0.00465 e. The van der Waals surface area contributed by atoms with Crippen LogP contribution >= 0.6 is 7.92 Å². The summed E-state index contributed by atoms with van der Waals surface area (Å²) in [6, 6.07) is 0. The van der Waals surface area contributed by atoms with E-state index in [1.807, 2.05) is 12.5 Å². The van der Waals surface area contributed by atoms with E-state index in [1.165, 1.54) is 12.3 Å². The molecule has 0 aliphatic carbocycles. The Morgan fingerprint density at radius 3 is 1.80 bits per heavy atom. The molecule has 0 aliphatic rings. The van der Waals surface area contributed by atoms with E-state index in [0.29, 0.717) is 0 Å². The summed E-state index contributed by atoms with van der Waals surface area (Å²) in [6.45, 7) is 4.33. The molecule has 0 saturated heterocycles. The molecule has 0 aromatic carbocycles. The first-order valence-corrected chi connectivity index (χ1v) is 7.74. The summed E-state index contributed by atoms with van der Waals surface area (Å²) in [4.78, 5) is 0. The third kappa shape index (κ3) is 5.25. The zero-order valence-corrected chi connectivity index (χ0v) is 8.97. The van der Waals surface area contributed by atoms with Crippen LogP contribution < -0.4 is 0 Å². The Balaban J connectivity index is 4.23. The quantitative estimate of drug-likeness (QED) is 0.478. The lowest BCUT2D eigenvalue weighted by atomic mass is 11.0. The van der Waals surface area contributed by atoms with Crippen molar-refractivity contribution in [2.75, 3.05) is 24.8 Å². The largest absolute Gasteiger partial charge is 0.268 e. The van der Waals surface area contributed by atoms with E-state index < -0.39 is 9.52 Å². The molecule has 62 valence electrons. The van der Waals surface area contributed by atoms with E-state index in [-0.39, 0.29) is 7.92 Å². The molecule has 0 bridgehead atoms. The van der Waals surface area contributed by atoms with Gasteiger partial charge in [0.05, 0.1) is 0 Å². The lowest BCUT2D eigenvalue weighted by Gasteiger charge is -2.07. The average molecular weight is 180 g/mol. The molecule has 0 unspecified atom stereocenters. The van der Waals surface area contributed by atoms with Gasteiger partial charge in [-0.2, -0.15) is 0 Å². The van der Waals surface area contributed by atoms with Crippen LogP contribution in [-0.4, -0.2) is 34.2 Å². The Morgan fingerprint density at radius 2 is 1.70 bits per heavy atom. The molecule has 0 amide bonds. The average Bonchev–Trinajstić information content (AvgIpc) is 1.81. The molecular formula is C7H17OPS. The Labute approximate surface area is 66.0 Å². The van der Waals surface area contributed by atoms with Crippen molar-refractivity contribution < 1.29 is 4.21 Å². The van der Waals surface area contributed by atoms with Crippen molar-refractivity contribution in [3.05, 3.63) is 0 Å². The van der Waals surface area contributed by atoms with Gasteiger partial charge in [-0.1, -0.05) is 21.8 Å². The highest BCUT2D eigenvalue weighted by molar-refractivity contribution is 8.09. The Kier molecular flexibility index (Phi) is 4.55. The number of rotatable bonds is 3. The molecule has 0 aromatic rings. The van der Waals surface area contributed by atoms with Crippen molar-refractivity contribution in [1.82, 2.24) is 0 Å². The van der Waals surface area contributed by atoms with Crippen LogP contribution in [0.15, 0.2) is 0 Å². The molecule has 0 saturated carbocycles. The van der Waals surface area contributed by atoms with Gasteiger partial charge in [-0.3, -0.25) is 4.21 Å². The molecule has 0 heterocycles. The van der Waals surface area contributed by atoms with Gasteiger partial charge < -0.3 is 0 Å². The van der Waals surface area contributed by atoms with Gasteiger partial charge in [0.1, 0.15) is 0 Å². The van der Waals surface area contributed by atoms with Crippen LogP contribution in [0.5, 0.6) is 0 Å². The molecule has 10 heavy (non-hydrogen) atoms. The SMILES string of the molecule is CCP(C=S(C)(C)=O)CC.